The Bertz CT molecular complexity index is 798. The summed E-state index contributed by atoms with van der Waals surface area (Å²) in [5, 5.41) is 1.10. The van der Waals surface area contributed by atoms with E-state index < -0.39 is 5.24 Å². The second-order valence-electron chi connectivity index (χ2n) is 4.95. The van der Waals surface area contributed by atoms with Crippen molar-refractivity contribution < 1.29 is 9.21 Å². The van der Waals surface area contributed by atoms with Gasteiger partial charge in [-0.25, -0.2) is 0 Å². The molecule has 0 bridgehead atoms. The van der Waals surface area contributed by atoms with E-state index in [1.54, 1.807) is 0 Å². The van der Waals surface area contributed by atoms with Crippen LogP contribution in [0.5, 0.6) is 0 Å². The molecule has 2 nitrogen and oxygen atoms in total. The molecule has 0 spiro atoms. The predicted molar refractivity (Wildman–Crippen MR) is 81.3 cm³/mol. The lowest BCUT2D eigenvalue weighted by atomic mass is 10.0. The molecule has 1 aromatic heterocycles. The van der Waals surface area contributed by atoms with Crippen molar-refractivity contribution in [3.63, 3.8) is 0 Å². The summed E-state index contributed by atoms with van der Waals surface area (Å²) < 4.78 is 5.73. The normalized spacial score (nSPS) is 10.9. The van der Waals surface area contributed by atoms with Crippen LogP contribution in [0.25, 0.3) is 22.1 Å². The Labute approximate surface area is 122 Å². The van der Waals surface area contributed by atoms with Crippen molar-refractivity contribution in [3.05, 3.63) is 59.4 Å². The number of rotatable bonds is 2. The maximum Gasteiger partial charge on any atom is 0.288 e. The first-order valence-corrected chi connectivity index (χ1v) is 6.74. The summed E-state index contributed by atoms with van der Waals surface area (Å²) in [5.41, 5.74) is 3.23. The number of hydrogen-bond donors (Lipinski definition) is 0. The molecule has 0 aliphatic heterocycles. The van der Waals surface area contributed by atoms with E-state index in [0.717, 1.165) is 21.9 Å². The van der Waals surface area contributed by atoms with Gasteiger partial charge < -0.3 is 4.42 Å². The van der Waals surface area contributed by atoms with Crippen molar-refractivity contribution in [2.75, 3.05) is 0 Å². The van der Waals surface area contributed by atoms with Crippen molar-refractivity contribution in [1.82, 2.24) is 0 Å². The number of carbonyl (C=O) groups excluding carboxylic acids is 1. The van der Waals surface area contributed by atoms with Gasteiger partial charge in [-0.3, -0.25) is 4.79 Å². The Morgan fingerprint density at radius 2 is 1.60 bits per heavy atom. The highest BCUT2D eigenvalue weighted by atomic mass is 35.5. The number of benzene rings is 2. The number of furan rings is 1. The fraction of sp³-hybridized carbons (Fsp3) is 0.118. The number of hydrogen-bond acceptors (Lipinski definition) is 2. The molecule has 0 aliphatic carbocycles. The molecule has 0 amide bonds. The zero-order valence-corrected chi connectivity index (χ0v) is 12.0. The monoisotopic (exact) mass is 284 g/mol. The number of aryl methyl sites for hydroxylation is 2. The van der Waals surface area contributed by atoms with E-state index in [2.05, 4.69) is 0 Å². The van der Waals surface area contributed by atoms with Gasteiger partial charge in [-0.2, -0.15) is 0 Å². The minimum absolute atomic E-state index is 0.206. The van der Waals surface area contributed by atoms with E-state index in [0.29, 0.717) is 5.76 Å². The molecule has 2 aromatic carbocycles. The van der Waals surface area contributed by atoms with Crippen LogP contribution in [0.3, 0.4) is 0 Å². The highest BCUT2D eigenvalue weighted by Crippen LogP contribution is 2.35. The Hall–Kier alpha value is -2.06. The molecule has 0 fully saturated rings. The molecule has 0 saturated heterocycles. The van der Waals surface area contributed by atoms with Gasteiger partial charge >= 0.3 is 0 Å². The Kier molecular flexibility index (Phi) is 3.11. The van der Waals surface area contributed by atoms with Crippen molar-refractivity contribution >= 4 is 27.6 Å². The van der Waals surface area contributed by atoms with Crippen LogP contribution in [-0.2, 0) is 0 Å². The van der Waals surface area contributed by atoms with Crippen LogP contribution in [0, 0.1) is 13.8 Å². The first-order chi connectivity index (χ1) is 9.56. The third-order valence-corrected chi connectivity index (χ3v) is 3.53. The van der Waals surface area contributed by atoms with E-state index >= 15 is 0 Å². The smallest absolute Gasteiger partial charge is 0.288 e. The fourth-order valence-corrected chi connectivity index (χ4v) is 2.46. The average molecular weight is 285 g/mol. The van der Waals surface area contributed by atoms with Crippen LogP contribution in [0.1, 0.15) is 21.7 Å². The largest absolute Gasteiger partial charge is 0.450 e. The average Bonchev–Trinajstić information content (AvgIpc) is 2.78. The summed E-state index contributed by atoms with van der Waals surface area (Å²) in [7, 11) is 0. The second-order valence-corrected chi connectivity index (χ2v) is 5.29. The molecule has 1 heterocycles. The van der Waals surface area contributed by atoms with Gasteiger partial charge in [0.1, 0.15) is 5.76 Å². The van der Waals surface area contributed by atoms with E-state index in [9.17, 15) is 4.79 Å². The lowest BCUT2D eigenvalue weighted by Crippen LogP contribution is -1.84. The molecule has 0 unspecified atom stereocenters. The summed E-state index contributed by atoms with van der Waals surface area (Å²) in [6.07, 6.45) is 0. The Balaban J connectivity index is 2.32. The van der Waals surface area contributed by atoms with Gasteiger partial charge in [0, 0.05) is 16.3 Å². The SMILES string of the molecule is Cc1ccc(-c2oc(C(=O)Cl)c3ccc(C)cc23)cc1. The molecule has 3 rings (SSSR count). The topological polar surface area (TPSA) is 30.2 Å². The molecule has 0 saturated carbocycles. The Morgan fingerprint density at radius 1 is 0.950 bits per heavy atom. The molecule has 0 N–H and O–H groups in total. The van der Waals surface area contributed by atoms with Crippen molar-refractivity contribution in [2.24, 2.45) is 0 Å². The molecule has 100 valence electrons. The lowest BCUT2D eigenvalue weighted by molar-refractivity contribution is 0.106. The van der Waals surface area contributed by atoms with E-state index in [4.69, 9.17) is 16.0 Å². The first kappa shape index (κ1) is 12.9. The van der Waals surface area contributed by atoms with Crippen LogP contribution in [0.15, 0.2) is 46.9 Å². The summed E-state index contributed by atoms with van der Waals surface area (Å²) in [6.45, 7) is 4.04. The third-order valence-electron chi connectivity index (χ3n) is 3.36. The second kappa shape index (κ2) is 4.80. The first-order valence-electron chi connectivity index (χ1n) is 6.36. The van der Waals surface area contributed by atoms with E-state index in [1.807, 2.05) is 56.3 Å². The number of fused-ring (bicyclic) bond motifs is 1. The highest BCUT2D eigenvalue weighted by Gasteiger charge is 2.18. The fourth-order valence-electron chi connectivity index (χ4n) is 2.32. The highest BCUT2D eigenvalue weighted by molar-refractivity contribution is 6.68. The van der Waals surface area contributed by atoms with Gasteiger partial charge in [-0.05, 0) is 31.5 Å². The zero-order valence-electron chi connectivity index (χ0n) is 11.2. The van der Waals surface area contributed by atoms with Gasteiger partial charge in [0.05, 0.1) is 0 Å². The molecular formula is C17H13ClO2. The maximum atomic E-state index is 11.5. The zero-order chi connectivity index (χ0) is 14.3. The Morgan fingerprint density at radius 3 is 2.25 bits per heavy atom. The summed E-state index contributed by atoms with van der Waals surface area (Å²) >= 11 is 5.62. The number of halogens is 1. The molecule has 0 atom stereocenters. The molecule has 3 aromatic rings. The van der Waals surface area contributed by atoms with Gasteiger partial charge in [0.25, 0.3) is 5.24 Å². The van der Waals surface area contributed by atoms with E-state index in [-0.39, 0.29) is 5.76 Å². The van der Waals surface area contributed by atoms with Crippen LogP contribution in [0.4, 0.5) is 0 Å². The van der Waals surface area contributed by atoms with E-state index in [1.165, 1.54) is 5.56 Å². The van der Waals surface area contributed by atoms with Crippen LogP contribution < -0.4 is 0 Å². The maximum absolute atomic E-state index is 11.5. The third kappa shape index (κ3) is 2.12. The van der Waals surface area contributed by atoms with Gasteiger partial charge in [-0.15, -0.1) is 0 Å². The van der Waals surface area contributed by atoms with Crippen LogP contribution in [0.2, 0.25) is 0 Å². The molecular weight excluding hydrogens is 272 g/mol. The predicted octanol–water partition coefficient (Wildman–Crippen LogP) is 5.10. The minimum atomic E-state index is -0.572. The van der Waals surface area contributed by atoms with Crippen molar-refractivity contribution in [2.45, 2.75) is 13.8 Å². The quantitative estimate of drug-likeness (QED) is 0.613. The molecule has 0 aliphatic rings. The van der Waals surface area contributed by atoms with Crippen molar-refractivity contribution in [1.29, 1.82) is 0 Å². The molecule has 3 heteroatoms. The lowest BCUT2D eigenvalue weighted by Gasteiger charge is -1.99. The standard InChI is InChI=1S/C17H13ClO2/c1-10-3-6-12(7-4-10)15-14-9-11(2)5-8-13(14)16(20-15)17(18)19/h3-9H,1-2H3. The van der Waals surface area contributed by atoms with Gasteiger partial charge in [0.2, 0.25) is 0 Å². The van der Waals surface area contributed by atoms with Gasteiger partial charge in [0.15, 0.2) is 5.76 Å². The van der Waals surface area contributed by atoms with Crippen molar-refractivity contribution in [3.8, 4) is 11.3 Å². The summed E-state index contributed by atoms with van der Waals surface area (Å²) in [5.74, 6) is 0.893. The molecule has 0 radical (unpaired) electrons. The van der Waals surface area contributed by atoms with Crippen LogP contribution in [-0.4, -0.2) is 5.24 Å². The molecule has 20 heavy (non-hydrogen) atoms. The van der Waals surface area contributed by atoms with Gasteiger partial charge in [-0.1, -0.05) is 47.5 Å². The number of carbonyl (C=O) groups is 1. The summed E-state index contributed by atoms with van der Waals surface area (Å²) in [4.78, 5) is 11.5. The van der Waals surface area contributed by atoms with Crippen LogP contribution >= 0.6 is 11.6 Å². The summed E-state index contributed by atoms with van der Waals surface area (Å²) in [6, 6.07) is 13.8. The minimum Gasteiger partial charge on any atom is -0.450 e.